The van der Waals surface area contributed by atoms with Crippen LogP contribution in [0.25, 0.3) is 10.6 Å². The number of aryl methyl sites for hydroxylation is 2. The van der Waals surface area contributed by atoms with Gasteiger partial charge in [0.25, 0.3) is 5.91 Å². The largest absolute Gasteiger partial charge is 0.340 e. The molecule has 3 heterocycles. The fourth-order valence-electron chi connectivity index (χ4n) is 3.51. The molecule has 3 N–H and O–H groups in total. The SMILES string of the molecule is Cc1ccnc(Nc2cc(Nc3ccc(NC(=O)c4sc(-c5ccccc5)nc4C)cc3)ncn2)c1. The zero-order valence-corrected chi connectivity index (χ0v) is 20.5. The van der Waals surface area contributed by atoms with Crippen molar-refractivity contribution in [2.24, 2.45) is 0 Å². The summed E-state index contributed by atoms with van der Waals surface area (Å²) in [6, 6.07) is 23.0. The van der Waals surface area contributed by atoms with Crippen LogP contribution in [-0.4, -0.2) is 25.8 Å². The molecule has 0 radical (unpaired) electrons. The molecule has 5 aromatic rings. The van der Waals surface area contributed by atoms with Crippen LogP contribution in [0.15, 0.2) is 85.3 Å². The summed E-state index contributed by atoms with van der Waals surface area (Å²) in [6.45, 7) is 3.86. The van der Waals surface area contributed by atoms with Gasteiger partial charge in [0, 0.05) is 29.2 Å². The third-order valence-electron chi connectivity index (χ3n) is 5.28. The van der Waals surface area contributed by atoms with E-state index in [1.807, 2.05) is 80.6 Å². The fraction of sp³-hybridized carbons (Fsp3) is 0.0741. The van der Waals surface area contributed by atoms with Crippen LogP contribution in [0.3, 0.4) is 0 Å². The van der Waals surface area contributed by atoms with Crippen molar-refractivity contribution in [3.8, 4) is 10.6 Å². The lowest BCUT2D eigenvalue weighted by Gasteiger charge is -2.10. The molecule has 0 saturated carbocycles. The second kappa shape index (κ2) is 10.3. The zero-order chi connectivity index (χ0) is 24.9. The highest BCUT2D eigenvalue weighted by Gasteiger charge is 2.16. The number of thiazole rings is 1. The molecule has 1 amide bonds. The van der Waals surface area contributed by atoms with Gasteiger partial charge in [-0.15, -0.1) is 11.3 Å². The van der Waals surface area contributed by atoms with Crippen molar-refractivity contribution < 1.29 is 4.79 Å². The van der Waals surface area contributed by atoms with E-state index in [2.05, 4.69) is 35.9 Å². The molecule has 0 aliphatic heterocycles. The van der Waals surface area contributed by atoms with Gasteiger partial charge < -0.3 is 16.0 Å². The van der Waals surface area contributed by atoms with Gasteiger partial charge in [0.2, 0.25) is 0 Å². The highest BCUT2D eigenvalue weighted by atomic mass is 32.1. The Bertz CT molecular complexity index is 1500. The molecule has 0 aliphatic rings. The molecule has 0 fully saturated rings. The molecule has 8 nitrogen and oxygen atoms in total. The van der Waals surface area contributed by atoms with Gasteiger partial charge in [0.1, 0.15) is 33.7 Å². The summed E-state index contributed by atoms with van der Waals surface area (Å²) in [5.41, 5.74) is 4.33. The Morgan fingerprint density at radius 1 is 0.778 bits per heavy atom. The number of rotatable bonds is 7. The average molecular weight is 494 g/mol. The number of aromatic nitrogens is 4. The van der Waals surface area contributed by atoms with E-state index in [0.29, 0.717) is 33.7 Å². The Labute approximate surface area is 212 Å². The Hall–Kier alpha value is -4.63. The van der Waals surface area contributed by atoms with Gasteiger partial charge in [-0.3, -0.25) is 4.79 Å². The molecular formula is C27H23N7OS. The predicted octanol–water partition coefficient (Wildman–Crippen LogP) is 6.35. The quantitative estimate of drug-likeness (QED) is 0.243. The van der Waals surface area contributed by atoms with Crippen molar-refractivity contribution in [3.05, 3.63) is 101 Å². The van der Waals surface area contributed by atoms with E-state index in [1.54, 1.807) is 12.3 Å². The molecule has 2 aromatic carbocycles. The first-order valence-corrected chi connectivity index (χ1v) is 12.1. The summed E-state index contributed by atoms with van der Waals surface area (Å²) in [5, 5.41) is 10.2. The highest BCUT2D eigenvalue weighted by molar-refractivity contribution is 7.17. The summed E-state index contributed by atoms with van der Waals surface area (Å²) in [5.74, 6) is 1.80. The molecule has 0 bridgehead atoms. The third kappa shape index (κ3) is 5.53. The number of benzene rings is 2. The van der Waals surface area contributed by atoms with Crippen LogP contribution in [0.5, 0.6) is 0 Å². The van der Waals surface area contributed by atoms with E-state index < -0.39 is 0 Å². The highest BCUT2D eigenvalue weighted by Crippen LogP contribution is 2.28. The smallest absolute Gasteiger partial charge is 0.267 e. The van der Waals surface area contributed by atoms with Crippen LogP contribution in [0.1, 0.15) is 20.9 Å². The van der Waals surface area contributed by atoms with E-state index in [1.165, 1.54) is 17.7 Å². The van der Waals surface area contributed by atoms with Crippen LogP contribution in [0.4, 0.5) is 28.8 Å². The summed E-state index contributed by atoms with van der Waals surface area (Å²) >= 11 is 1.39. The van der Waals surface area contributed by atoms with Crippen LogP contribution >= 0.6 is 11.3 Å². The minimum Gasteiger partial charge on any atom is -0.340 e. The number of carbonyl (C=O) groups excluding carboxylic acids is 1. The number of nitrogens with one attached hydrogen (secondary N) is 3. The fourth-order valence-corrected chi connectivity index (χ4v) is 4.48. The first-order valence-electron chi connectivity index (χ1n) is 11.3. The van der Waals surface area contributed by atoms with Gasteiger partial charge in [0.05, 0.1) is 5.69 Å². The van der Waals surface area contributed by atoms with Crippen LogP contribution in [0, 0.1) is 13.8 Å². The molecule has 0 aliphatic carbocycles. The summed E-state index contributed by atoms with van der Waals surface area (Å²) in [7, 11) is 0. The molecular weight excluding hydrogens is 470 g/mol. The van der Waals surface area contributed by atoms with Gasteiger partial charge in [-0.05, 0) is 55.8 Å². The lowest BCUT2D eigenvalue weighted by molar-refractivity contribution is 0.103. The van der Waals surface area contributed by atoms with Gasteiger partial charge in [-0.25, -0.2) is 19.9 Å². The first-order chi connectivity index (χ1) is 17.5. The van der Waals surface area contributed by atoms with Crippen molar-refractivity contribution >= 4 is 46.1 Å². The van der Waals surface area contributed by atoms with E-state index >= 15 is 0 Å². The number of hydrogen-bond donors (Lipinski definition) is 3. The third-order valence-corrected chi connectivity index (χ3v) is 6.48. The number of anilines is 5. The Morgan fingerprint density at radius 2 is 1.47 bits per heavy atom. The number of carbonyl (C=O) groups is 1. The van der Waals surface area contributed by atoms with Gasteiger partial charge >= 0.3 is 0 Å². The Kier molecular flexibility index (Phi) is 6.63. The molecule has 0 atom stereocenters. The predicted molar refractivity (Wildman–Crippen MR) is 144 cm³/mol. The second-order valence-corrected chi connectivity index (χ2v) is 9.09. The van der Waals surface area contributed by atoms with Crippen molar-refractivity contribution in [2.75, 3.05) is 16.0 Å². The maximum atomic E-state index is 12.9. The molecule has 178 valence electrons. The maximum absolute atomic E-state index is 12.9. The van der Waals surface area contributed by atoms with Crippen LogP contribution < -0.4 is 16.0 Å². The normalized spacial score (nSPS) is 10.6. The molecule has 36 heavy (non-hydrogen) atoms. The van der Waals surface area contributed by atoms with Crippen molar-refractivity contribution in [1.29, 1.82) is 0 Å². The van der Waals surface area contributed by atoms with E-state index in [4.69, 9.17) is 0 Å². The number of nitrogens with zero attached hydrogens (tertiary/aromatic N) is 4. The Morgan fingerprint density at radius 3 is 2.22 bits per heavy atom. The second-order valence-electron chi connectivity index (χ2n) is 8.09. The maximum Gasteiger partial charge on any atom is 0.267 e. The minimum atomic E-state index is -0.177. The van der Waals surface area contributed by atoms with Crippen LogP contribution in [0.2, 0.25) is 0 Å². The van der Waals surface area contributed by atoms with Crippen molar-refractivity contribution in [1.82, 2.24) is 19.9 Å². The van der Waals surface area contributed by atoms with E-state index in [9.17, 15) is 4.79 Å². The molecule has 9 heteroatoms. The topological polar surface area (TPSA) is 105 Å². The number of hydrogen-bond acceptors (Lipinski definition) is 8. The minimum absolute atomic E-state index is 0.177. The number of pyridine rings is 1. The van der Waals surface area contributed by atoms with Crippen LogP contribution in [-0.2, 0) is 0 Å². The van der Waals surface area contributed by atoms with E-state index in [0.717, 1.165) is 21.8 Å². The standard InChI is InChI=1S/C27H23N7OS/c1-17-12-13-28-22(14-17)34-24-15-23(29-16-30-24)32-20-8-10-21(11-9-20)33-26(35)25-18(2)31-27(36-25)19-6-4-3-5-7-19/h3-16H,1-2H3,(H,33,35)(H2,28,29,30,32,34). The molecule has 0 spiro atoms. The Balaban J connectivity index is 1.23. The lowest BCUT2D eigenvalue weighted by atomic mass is 10.2. The lowest BCUT2D eigenvalue weighted by Crippen LogP contribution is -2.11. The first kappa shape index (κ1) is 23.1. The van der Waals surface area contributed by atoms with Gasteiger partial charge in [-0.2, -0.15) is 0 Å². The monoisotopic (exact) mass is 493 g/mol. The number of amides is 1. The van der Waals surface area contributed by atoms with Gasteiger partial charge in [-0.1, -0.05) is 30.3 Å². The van der Waals surface area contributed by atoms with Crippen molar-refractivity contribution in [2.45, 2.75) is 13.8 Å². The zero-order valence-electron chi connectivity index (χ0n) is 19.7. The molecule has 0 unspecified atom stereocenters. The van der Waals surface area contributed by atoms with E-state index in [-0.39, 0.29) is 5.91 Å². The molecule has 3 aromatic heterocycles. The van der Waals surface area contributed by atoms with Gasteiger partial charge in [0.15, 0.2) is 0 Å². The molecule has 0 saturated heterocycles. The average Bonchev–Trinajstić information content (AvgIpc) is 3.28. The molecule has 5 rings (SSSR count). The summed E-state index contributed by atoms with van der Waals surface area (Å²) < 4.78 is 0. The van der Waals surface area contributed by atoms with Crippen molar-refractivity contribution in [3.63, 3.8) is 0 Å². The summed E-state index contributed by atoms with van der Waals surface area (Å²) in [6.07, 6.45) is 3.23. The summed E-state index contributed by atoms with van der Waals surface area (Å²) in [4.78, 5) is 30.9.